The molecule has 0 saturated carbocycles. The average molecular weight is 499 g/mol. The van der Waals surface area contributed by atoms with Crippen LogP contribution in [0.3, 0.4) is 0 Å². The summed E-state index contributed by atoms with van der Waals surface area (Å²) in [4.78, 5) is 12.8. The molecule has 0 spiro atoms. The zero-order chi connectivity index (χ0) is 23.8. The number of nitrogens with one attached hydrogen (secondary N) is 2. The summed E-state index contributed by atoms with van der Waals surface area (Å²) >= 11 is 6.94. The normalized spacial score (nSPS) is 13.7. The number of halogens is 3. The first-order chi connectivity index (χ1) is 16.4. The minimum Gasteiger partial charge on any atom is -0.505 e. The van der Waals surface area contributed by atoms with E-state index in [1.165, 1.54) is 18.2 Å². The molecule has 0 radical (unpaired) electrons. The zero-order valence-corrected chi connectivity index (χ0v) is 19.1. The Morgan fingerprint density at radius 3 is 2.68 bits per heavy atom. The second-order valence-corrected chi connectivity index (χ2v) is 8.84. The maximum atomic E-state index is 15.0. The Morgan fingerprint density at radius 1 is 1.00 bits per heavy atom. The van der Waals surface area contributed by atoms with Gasteiger partial charge in [0.1, 0.15) is 29.7 Å². The highest BCUT2D eigenvalue weighted by Gasteiger charge is 2.20. The van der Waals surface area contributed by atoms with E-state index in [0.717, 1.165) is 28.8 Å². The lowest BCUT2D eigenvalue weighted by molar-refractivity contribution is 0.0947. The molecule has 0 fully saturated rings. The molecular formula is C25H17ClF2N2O3S. The van der Waals surface area contributed by atoms with Crippen LogP contribution in [0.4, 0.5) is 14.5 Å². The van der Waals surface area contributed by atoms with Gasteiger partial charge in [-0.15, -0.1) is 0 Å². The number of carbonyl (C=O) groups excluding carboxylic acids is 1. The summed E-state index contributed by atoms with van der Waals surface area (Å²) in [5, 5.41) is 14.7. The molecular weight excluding hydrogens is 482 g/mol. The van der Waals surface area contributed by atoms with E-state index < -0.39 is 17.5 Å². The van der Waals surface area contributed by atoms with Crippen LogP contribution in [0.1, 0.15) is 10.4 Å². The molecule has 0 unspecified atom stereocenters. The van der Waals surface area contributed by atoms with Gasteiger partial charge in [-0.05, 0) is 41.6 Å². The number of rotatable bonds is 0. The Balaban J connectivity index is 1.67. The van der Waals surface area contributed by atoms with Crippen LogP contribution >= 0.6 is 23.5 Å². The maximum Gasteiger partial charge on any atom is 0.251 e. The molecule has 9 heteroatoms. The van der Waals surface area contributed by atoms with Crippen molar-refractivity contribution in [2.75, 3.05) is 17.9 Å². The van der Waals surface area contributed by atoms with Gasteiger partial charge >= 0.3 is 0 Å². The Morgan fingerprint density at radius 2 is 1.82 bits per heavy atom. The number of phenols is 1. The van der Waals surface area contributed by atoms with Gasteiger partial charge in [0.25, 0.3) is 5.91 Å². The molecule has 1 aliphatic rings. The van der Waals surface area contributed by atoms with Crippen LogP contribution in [0.25, 0.3) is 21.9 Å². The maximum absolute atomic E-state index is 15.0. The highest BCUT2D eigenvalue weighted by Crippen LogP contribution is 2.41. The van der Waals surface area contributed by atoms with E-state index in [2.05, 4.69) is 10.0 Å². The average Bonchev–Trinajstić information content (AvgIpc) is 2.83. The highest BCUT2D eigenvalue weighted by molar-refractivity contribution is 8.00. The number of hydrogen-bond donors (Lipinski definition) is 3. The first-order valence-electron chi connectivity index (χ1n) is 10.3. The van der Waals surface area contributed by atoms with Crippen LogP contribution < -0.4 is 14.8 Å². The first-order valence-corrected chi connectivity index (χ1v) is 11.5. The van der Waals surface area contributed by atoms with E-state index in [1.54, 1.807) is 6.07 Å². The fraction of sp³-hybridized carbons (Fsp3) is 0.0800. The molecule has 0 atom stereocenters. The lowest BCUT2D eigenvalue weighted by atomic mass is 9.98. The fourth-order valence-corrected chi connectivity index (χ4v) is 4.80. The van der Waals surface area contributed by atoms with Crippen molar-refractivity contribution < 1.29 is 23.4 Å². The van der Waals surface area contributed by atoms with Gasteiger partial charge in [0, 0.05) is 28.1 Å². The molecule has 1 amide bonds. The van der Waals surface area contributed by atoms with Crippen molar-refractivity contribution in [1.82, 2.24) is 5.32 Å². The summed E-state index contributed by atoms with van der Waals surface area (Å²) in [6, 6.07) is 16.0. The van der Waals surface area contributed by atoms with E-state index in [9.17, 15) is 18.7 Å². The number of hydrogen-bond acceptors (Lipinski definition) is 5. The topological polar surface area (TPSA) is 70.6 Å². The summed E-state index contributed by atoms with van der Waals surface area (Å²) in [6.45, 7) is 0.270. The molecule has 172 valence electrons. The lowest BCUT2D eigenvalue weighted by Gasteiger charge is -2.16. The van der Waals surface area contributed by atoms with E-state index in [-0.39, 0.29) is 45.6 Å². The zero-order valence-electron chi connectivity index (χ0n) is 17.5. The number of ether oxygens (including phenoxy) is 1. The molecule has 0 saturated heterocycles. The number of fused-ring (bicyclic) bond motifs is 8. The van der Waals surface area contributed by atoms with Crippen LogP contribution in [-0.2, 0) is 0 Å². The Kier molecular flexibility index (Phi) is 5.93. The van der Waals surface area contributed by atoms with Gasteiger partial charge in [0.15, 0.2) is 0 Å². The van der Waals surface area contributed by atoms with Crippen LogP contribution in [-0.4, -0.2) is 24.2 Å². The second-order valence-electron chi connectivity index (χ2n) is 7.59. The van der Waals surface area contributed by atoms with E-state index in [4.69, 9.17) is 16.3 Å². The summed E-state index contributed by atoms with van der Waals surface area (Å²) in [5.74, 6) is -1.83. The number of amides is 1. The molecule has 1 heterocycles. The van der Waals surface area contributed by atoms with Crippen molar-refractivity contribution >= 4 is 45.9 Å². The number of phenolic OH excluding ortho intramolecular Hbond substituents is 1. The van der Waals surface area contributed by atoms with E-state index in [1.807, 2.05) is 30.3 Å². The third kappa shape index (κ3) is 4.10. The minimum atomic E-state index is -0.819. The van der Waals surface area contributed by atoms with E-state index in [0.29, 0.717) is 11.3 Å². The van der Waals surface area contributed by atoms with Crippen LogP contribution in [0.2, 0.25) is 5.02 Å². The van der Waals surface area contributed by atoms with Crippen molar-refractivity contribution in [2.24, 2.45) is 0 Å². The summed E-state index contributed by atoms with van der Waals surface area (Å²) in [5.41, 5.74) is 0.783. The van der Waals surface area contributed by atoms with E-state index >= 15 is 0 Å². The molecule has 4 aromatic carbocycles. The molecule has 4 aromatic rings. The van der Waals surface area contributed by atoms with Crippen molar-refractivity contribution in [2.45, 2.75) is 4.90 Å². The smallest absolute Gasteiger partial charge is 0.251 e. The molecule has 3 N–H and O–H groups in total. The van der Waals surface area contributed by atoms with Gasteiger partial charge in [0.05, 0.1) is 22.2 Å². The molecule has 5 nitrogen and oxygen atoms in total. The SMILES string of the molecule is O=C1NCCOc2c(ccc3ccccc23)-c2cc(c(F)cc2F)NSc2cc1cc(Cl)c2O. The number of aromatic hydroxyl groups is 1. The standard InChI is InChI=1S/C25H17ClF2N2O3S/c26-18-9-14-10-22(23(18)31)34-30-21-11-17(19(27)12-20(21)28)16-6-5-13-3-1-2-4-15(13)24(16)33-8-7-29-25(14)32/h1-6,9-12,30-31H,7-8H2,(H,29,32). The number of benzene rings is 4. The summed E-state index contributed by atoms with van der Waals surface area (Å²) in [6.07, 6.45) is 0. The summed E-state index contributed by atoms with van der Waals surface area (Å²) < 4.78 is 38.5. The Bertz CT molecular complexity index is 1450. The highest BCUT2D eigenvalue weighted by atomic mass is 35.5. The van der Waals surface area contributed by atoms with Crippen LogP contribution in [0.15, 0.2) is 65.6 Å². The summed E-state index contributed by atoms with van der Waals surface area (Å²) in [7, 11) is 0. The Labute approximate surface area is 202 Å². The van der Waals surface area contributed by atoms with Crippen molar-refractivity contribution in [3.8, 4) is 22.6 Å². The first kappa shape index (κ1) is 22.3. The van der Waals surface area contributed by atoms with Crippen LogP contribution in [0.5, 0.6) is 11.5 Å². The van der Waals surface area contributed by atoms with Crippen LogP contribution in [0, 0.1) is 11.6 Å². The predicted molar refractivity (Wildman–Crippen MR) is 130 cm³/mol. The third-order valence-corrected chi connectivity index (χ3v) is 6.56. The van der Waals surface area contributed by atoms with Gasteiger partial charge in [-0.25, -0.2) is 8.78 Å². The van der Waals surface area contributed by atoms with Gasteiger partial charge in [-0.2, -0.15) is 0 Å². The Hall–Kier alpha value is -3.49. The van der Waals surface area contributed by atoms with Crippen molar-refractivity contribution in [1.29, 1.82) is 0 Å². The third-order valence-electron chi connectivity index (χ3n) is 5.42. The molecule has 4 bridgehead atoms. The van der Waals surface area contributed by atoms with Crippen molar-refractivity contribution in [3.05, 3.63) is 82.9 Å². The lowest BCUT2D eigenvalue weighted by Crippen LogP contribution is -2.28. The van der Waals surface area contributed by atoms with Gasteiger partial charge in [-0.3, -0.25) is 4.79 Å². The molecule has 1 aliphatic heterocycles. The molecule has 34 heavy (non-hydrogen) atoms. The minimum absolute atomic E-state index is 0.0132. The second kappa shape index (κ2) is 9.04. The molecule has 0 aliphatic carbocycles. The van der Waals surface area contributed by atoms with Gasteiger partial charge in [-0.1, -0.05) is 41.9 Å². The largest absolute Gasteiger partial charge is 0.505 e. The van der Waals surface area contributed by atoms with Crippen molar-refractivity contribution in [3.63, 3.8) is 0 Å². The molecule has 0 aromatic heterocycles. The van der Waals surface area contributed by atoms with Gasteiger partial charge in [0.2, 0.25) is 0 Å². The number of carbonyl (C=O) groups is 1. The molecule has 5 rings (SSSR count). The predicted octanol–water partition coefficient (Wildman–Crippen LogP) is 6.39. The van der Waals surface area contributed by atoms with Gasteiger partial charge < -0.3 is 19.9 Å². The number of anilines is 1. The monoisotopic (exact) mass is 498 g/mol. The fourth-order valence-electron chi connectivity index (χ4n) is 3.76. The quantitative estimate of drug-likeness (QED) is 0.245.